The molecule has 4 rings (SSSR count). The summed E-state index contributed by atoms with van der Waals surface area (Å²) in [5.74, 6) is -4.18. The number of carbonyl (C=O) groups is 5. The van der Waals surface area contributed by atoms with Crippen molar-refractivity contribution in [3.05, 3.63) is 11.6 Å². The highest BCUT2D eigenvalue weighted by atomic mass is 16.7. The fraction of sp³-hybridized carbons (Fsp3) is 0.750. The van der Waals surface area contributed by atoms with Crippen LogP contribution in [0.5, 0.6) is 0 Å². The molecular formula is C28H38O10. The molecule has 10 nitrogen and oxygen atoms in total. The quantitative estimate of drug-likeness (QED) is 0.229. The molecule has 10 heteroatoms. The van der Waals surface area contributed by atoms with Gasteiger partial charge in [0.25, 0.3) is 0 Å². The van der Waals surface area contributed by atoms with Gasteiger partial charge in [-0.25, -0.2) is 0 Å². The number of ether oxygens (including phenoxy) is 5. The average Bonchev–Trinajstić information content (AvgIpc) is 3.56. The van der Waals surface area contributed by atoms with Crippen molar-refractivity contribution < 1.29 is 47.7 Å². The molecule has 0 aromatic carbocycles. The number of rotatable bonds is 4. The highest BCUT2D eigenvalue weighted by molar-refractivity contribution is 5.96. The molecule has 1 unspecified atom stereocenters. The van der Waals surface area contributed by atoms with Crippen LogP contribution in [-0.2, 0) is 47.7 Å². The van der Waals surface area contributed by atoms with E-state index in [1.54, 1.807) is 19.9 Å². The molecule has 0 N–H and O–H groups in total. The first kappa shape index (κ1) is 28.3. The van der Waals surface area contributed by atoms with Gasteiger partial charge in [-0.1, -0.05) is 27.7 Å². The summed E-state index contributed by atoms with van der Waals surface area (Å²) >= 11 is 0. The molecular weight excluding hydrogens is 496 g/mol. The lowest BCUT2D eigenvalue weighted by molar-refractivity contribution is -0.166. The molecule has 1 aliphatic heterocycles. The number of ketones is 1. The third-order valence-electron chi connectivity index (χ3n) is 8.87. The van der Waals surface area contributed by atoms with Gasteiger partial charge in [-0.2, -0.15) is 0 Å². The van der Waals surface area contributed by atoms with Crippen LogP contribution in [0.4, 0.5) is 0 Å². The molecule has 3 aliphatic carbocycles. The summed E-state index contributed by atoms with van der Waals surface area (Å²) in [7, 11) is 0. The van der Waals surface area contributed by atoms with Gasteiger partial charge >= 0.3 is 23.9 Å². The van der Waals surface area contributed by atoms with E-state index in [1.165, 1.54) is 27.7 Å². The molecule has 2 saturated carbocycles. The first-order chi connectivity index (χ1) is 17.5. The van der Waals surface area contributed by atoms with Crippen LogP contribution < -0.4 is 0 Å². The Balaban J connectivity index is 1.94. The van der Waals surface area contributed by atoms with Crippen LogP contribution in [0.25, 0.3) is 0 Å². The molecule has 0 bridgehead atoms. The predicted molar refractivity (Wildman–Crippen MR) is 131 cm³/mol. The summed E-state index contributed by atoms with van der Waals surface area (Å²) < 4.78 is 29.3. The van der Waals surface area contributed by atoms with E-state index in [2.05, 4.69) is 0 Å². The molecule has 1 heterocycles. The Morgan fingerprint density at radius 3 is 1.87 bits per heavy atom. The van der Waals surface area contributed by atoms with Crippen LogP contribution in [-0.4, -0.2) is 65.3 Å². The molecule has 38 heavy (non-hydrogen) atoms. The second kappa shape index (κ2) is 9.17. The summed E-state index contributed by atoms with van der Waals surface area (Å²) in [5.41, 5.74) is -2.61. The molecule has 0 aromatic rings. The molecule has 0 aromatic heterocycles. The molecule has 0 spiro atoms. The van der Waals surface area contributed by atoms with E-state index in [9.17, 15) is 24.0 Å². The Bertz CT molecular complexity index is 1110. The summed E-state index contributed by atoms with van der Waals surface area (Å²) in [4.78, 5) is 63.1. The minimum absolute atomic E-state index is 0.218. The van der Waals surface area contributed by atoms with Crippen molar-refractivity contribution in [1.82, 2.24) is 0 Å². The third-order valence-corrected chi connectivity index (χ3v) is 8.87. The highest BCUT2D eigenvalue weighted by Crippen LogP contribution is 2.68. The SMILES string of the molecule is CC(=O)OC1[C@H](OC(C)=O)/C(C)=C/[C@@]23O[C@@]2(C[C@H](C)[C@@H]3OC(C)=O)C(=O)[C@@H](C)[C@H](OC(C)=O)[C@@H]2[C@H]1C2(C)C. The Morgan fingerprint density at radius 2 is 1.34 bits per heavy atom. The Morgan fingerprint density at radius 1 is 0.842 bits per heavy atom. The normalized spacial score (nSPS) is 44.0. The lowest BCUT2D eigenvalue weighted by Gasteiger charge is -2.30. The molecule has 4 aliphatic rings. The highest BCUT2D eigenvalue weighted by Gasteiger charge is 2.84. The van der Waals surface area contributed by atoms with Gasteiger partial charge in [0.05, 0.1) is 5.92 Å². The topological polar surface area (TPSA) is 135 Å². The number of hydrogen-bond acceptors (Lipinski definition) is 10. The number of fused-ring (bicyclic) bond motifs is 1. The van der Waals surface area contributed by atoms with Crippen molar-refractivity contribution in [3.63, 3.8) is 0 Å². The standard InChI is InChI=1S/C28H38O10/c1-12-10-28-25(37-18(7)32)13(2)11-27(28,38-28)24(33)14(3)22(35-16(5)30)19-20(26(19,8)9)23(36-17(6)31)21(12)34-15(4)29/h10,13-14,19-23,25H,11H2,1-9H3/b12-10+/t13-,14-,19-,20+,21+,22-,23?,25-,27-,28-/m0/s1. The monoisotopic (exact) mass is 534 g/mol. The average molecular weight is 535 g/mol. The van der Waals surface area contributed by atoms with Gasteiger partial charge in [-0.15, -0.1) is 0 Å². The second-order valence-corrected chi connectivity index (χ2v) is 12.0. The smallest absolute Gasteiger partial charge is 0.303 e. The van der Waals surface area contributed by atoms with E-state index in [4.69, 9.17) is 23.7 Å². The van der Waals surface area contributed by atoms with Crippen molar-refractivity contribution in [2.24, 2.45) is 29.1 Å². The maximum Gasteiger partial charge on any atom is 0.303 e. The number of Topliss-reactive ketones (excluding diaryl/α,β-unsaturated/α-hetero) is 1. The zero-order valence-corrected chi connectivity index (χ0v) is 23.5. The minimum Gasteiger partial charge on any atom is -0.461 e. The predicted octanol–water partition coefficient (Wildman–Crippen LogP) is 2.70. The van der Waals surface area contributed by atoms with E-state index in [0.717, 1.165) is 0 Å². The fourth-order valence-corrected chi connectivity index (χ4v) is 7.39. The number of epoxide rings is 1. The lowest BCUT2D eigenvalue weighted by Crippen LogP contribution is -2.43. The van der Waals surface area contributed by atoms with E-state index < -0.39 is 70.8 Å². The van der Waals surface area contributed by atoms with Crippen LogP contribution in [0.3, 0.4) is 0 Å². The van der Waals surface area contributed by atoms with Crippen molar-refractivity contribution in [2.45, 2.75) is 104 Å². The maximum atomic E-state index is 14.2. The van der Waals surface area contributed by atoms with E-state index in [1.807, 2.05) is 20.8 Å². The van der Waals surface area contributed by atoms with Crippen LogP contribution in [0.2, 0.25) is 0 Å². The zero-order valence-electron chi connectivity index (χ0n) is 23.5. The Kier molecular flexibility index (Phi) is 6.82. The van der Waals surface area contributed by atoms with Crippen LogP contribution in [0, 0.1) is 29.1 Å². The second-order valence-electron chi connectivity index (χ2n) is 12.0. The minimum atomic E-state index is -1.30. The van der Waals surface area contributed by atoms with Gasteiger partial charge in [-0.3, -0.25) is 24.0 Å². The van der Waals surface area contributed by atoms with E-state index in [0.29, 0.717) is 12.0 Å². The molecule has 1 saturated heterocycles. The van der Waals surface area contributed by atoms with Gasteiger partial charge in [0.15, 0.2) is 23.1 Å². The summed E-state index contributed by atoms with van der Waals surface area (Å²) in [6, 6.07) is 0. The van der Waals surface area contributed by atoms with Crippen molar-refractivity contribution in [1.29, 1.82) is 0 Å². The molecule has 0 radical (unpaired) electrons. The maximum absolute atomic E-state index is 14.2. The Labute approximate surface area is 222 Å². The molecule has 10 atom stereocenters. The molecule has 210 valence electrons. The summed E-state index contributed by atoms with van der Waals surface area (Å²) in [6.45, 7) is 14.3. The van der Waals surface area contributed by atoms with Crippen LogP contribution in [0.15, 0.2) is 11.6 Å². The zero-order chi connectivity index (χ0) is 28.5. The first-order valence-corrected chi connectivity index (χ1v) is 13.1. The number of esters is 4. The number of hydrogen-bond donors (Lipinski definition) is 0. The molecule has 0 amide bonds. The summed E-state index contributed by atoms with van der Waals surface area (Å²) in [5, 5.41) is 0. The third kappa shape index (κ3) is 4.25. The van der Waals surface area contributed by atoms with Gasteiger partial charge in [0, 0.05) is 39.5 Å². The van der Waals surface area contributed by atoms with E-state index >= 15 is 0 Å². The lowest BCUT2D eigenvalue weighted by atomic mass is 9.80. The van der Waals surface area contributed by atoms with Gasteiger partial charge in [0.2, 0.25) is 0 Å². The number of carbonyl (C=O) groups excluding carboxylic acids is 5. The Hall–Kier alpha value is -2.75. The summed E-state index contributed by atoms with van der Waals surface area (Å²) in [6.07, 6.45) is -1.52. The van der Waals surface area contributed by atoms with Gasteiger partial charge in [0.1, 0.15) is 18.3 Å². The fourth-order valence-electron chi connectivity index (χ4n) is 7.39. The van der Waals surface area contributed by atoms with Crippen molar-refractivity contribution >= 4 is 29.7 Å². The largest absolute Gasteiger partial charge is 0.461 e. The van der Waals surface area contributed by atoms with Crippen molar-refractivity contribution in [3.8, 4) is 0 Å². The first-order valence-electron chi connectivity index (χ1n) is 13.1. The van der Waals surface area contributed by atoms with Gasteiger partial charge in [-0.05, 0) is 36.3 Å². The van der Waals surface area contributed by atoms with Crippen LogP contribution >= 0.6 is 0 Å². The molecule has 3 fully saturated rings. The van der Waals surface area contributed by atoms with Crippen molar-refractivity contribution in [2.75, 3.05) is 0 Å². The van der Waals surface area contributed by atoms with E-state index in [-0.39, 0.29) is 23.5 Å². The van der Waals surface area contributed by atoms with Gasteiger partial charge < -0.3 is 23.7 Å². The van der Waals surface area contributed by atoms with Crippen LogP contribution in [0.1, 0.15) is 68.7 Å².